The second-order valence-corrected chi connectivity index (χ2v) is 5.47. The van der Waals surface area contributed by atoms with Crippen LogP contribution in [0.4, 0.5) is 0 Å². The lowest BCUT2D eigenvalue weighted by molar-refractivity contribution is -0.120. The van der Waals surface area contributed by atoms with E-state index in [4.69, 9.17) is 19.3 Å². The molecule has 0 radical (unpaired) electrons. The summed E-state index contributed by atoms with van der Waals surface area (Å²) in [5.41, 5.74) is 1.60. The van der Waals surface area contributed by atoms with Crippen molar-refractivity contribution in [1.82, 2.24) is 5.32 Å². The molecule has 0 aromatic heterocycles. The highest BCUT2D eigenvalue weighted by Crippen LogP contribution is 2.33. The maximum Gasteiger partial charge on any atom is 0.335 e. The van der Waals surface area contributed by atoms with E-state index in [1.165, 1.54) is 26.4 Å². The van der Waals surface area contributed by atoms with Gasteiger partial charge in [0, 0.05) is 12.1 Å². The second kappa shape index (κ2) is 8.75. The summed E-state index contributed by atoms with van der Waals surface area (Å²) in [6.07, 6.45) is 0.140. The summed E-state index contributed by atoms with van der Waals surface area (Å²) in [4.78, 5) is 23.0. The Morgan fingerprint density at radius 1 is 0.962 bits per heavy atom. The number of carboxylic acids is 1. The molecule has 0 spiro atoms. The molecular formula is C19H21NO6. The Labute approximate surface area is 151 Å². The van der Waals surface area contributed by atoms with Gasteiger partial charge in [-0.15, -0.1) is 0 Å². The molecule has 7 nitrogen and oxygen atoms in total. The van der Waals surface area contributed by atoms with E-state index in [2.05, 4.69) is 5.32 Å². The Kier molecular flexibility index (Phi) is 6.43. The van der Waals surface area contributed by atoms with Gasteiger partial charge in [-0.25, -0.2) is 4.79 Å². The van der Waals surface area contributed by atoms with Gasteiger partial charge in [-0.2, -0.15) is 0 Å². The zero-order chi connectivity index (χ0) is 19.1. The van der Waals surface area contributed by atoms with E-state index < -0.39 is 5.97 Å². The number of methoxy groups -OCH3 is 3. The summed E-state index contributed by atoms with van der Waals surface area (Å²) >= 11 is 0. The minimum atomic E-state index is -1.00. The number of aromatic carboxylic acids is 1. The Hall–Kier alpha value is -3.22. The highest BCUT2D eigenvalue weighted by molar-refractivity contribution is 5.87. The average molecular weight is 359 g/mol. The van der Waals surface area contributed by atoms with Crippen LogP contribution in [0, 0.1) is 0 Å². The number of benzene rings is 2. The van der Waals surface area contributed by atoms with Crippen LogP contribution in [0.3, 0.4) is 0 Å². The topological polar surface area (TPSA) is 94.1 Å². The molecule has 0 bridgehead atoms. The number of hydrogen-bond acceptors (Lipinski definition) is 5. The zero-order valence-electron chi connectivity index (χ0n) is 14.9. The van der Waals surface area contributed by atoms with Crippen LogP contribution in [0.25, 0.3) is 0 Å². The maximum atomic E-state index is 12.2. The lowest BCUT2D eigenvalue weighted by Crippen LogP contribution is -2.25. The van der Waals surface area contributed by atoms with Gasteiger partial charge in [-0.3, -0.25) is 4.79 Å². The zero-order valence-corrected chi connectivity index (χ0v) is 14.9. The number of carboxylic acid groups (broad SMARTS) is 1. The van der Waals surface area contributed by atoms with Crippen molar-refractivity contribution in [2.24, 2.45) is 0 Å². The van der Waals surface area contributed by atoms with Gasteiger partial charge in [0.15, 0.2) is 0 Å². The maximum absolute atomic E-state index is 12.2. The van der Waals surface area contributed by atoms with Crippen LogP contribution in [0.15, 0.2) is 36.4 Å². The van der Waals surface area contributed by atoms with Crippen molar-refractivity contribution < 1.29 is 28.9 Å². The number of carbonyl (C=O) groups excluding carboxylic acids is 1. The summed E-state index contributed by atoms with van der Waals surface area (Å²) in [7, 11) is 4.61. The highest BCUT2D eigenvalue weighted by atomic mass is 16.5. The van der Waals surface area contributed by atoms with Crippen molar-refractivity contribution in [2.75, 3.05) is 21.3 Å². The molecule has 2 rings (SSSR count). The molecule has 0 saturated carbocycles. The lowest BCUT2D eigenvalue weighted by Gasteiger charge is -2.15. The van der Waals surface area contributed by atoms with Gasteiger partial charge < -0.3 is 24.6 Å². The van der Waals surface area contributed by atoms with Crippen molar-refractivity contribution in [1.29, 1.82) is 0 Å². The minimum absolute atomic E-state index is 0.140. The first kappa shape index (κ1) is 19.1. The Bertz CT molecular complexity index is 760. The number of carbonyl (C=O) groups is 2. The van der Waals surface area contributed by atoms with Gasteiger partial charge in [0.2, 0.25) is 5.91 Å². The summed E-state index contributed by atoms with van der Waals surface area (Å²) < 4.78 is 15.9. The number of ether oxygens (including phenoxy) is 3. The first-order valence-electron chi connectivity index (χ1n) is 7.86. The van der Waals surface area contributed by atoms with Crippen molar-refractivity contribution in [2.45, 2.75) is 13.0 Å². The average Bonchev–Trinajstić information content (AvgIpc) is 2.65. The van der Waals surface area contributed by atoms with Gasteiger partial charge in [-0.1, -0.05) is 12.1 Å². The fraction of sp³-hybridized carbons (Fsp3) is 0.263. The molecule has 2 aromatic rings. The molecule has 0 aliphatic carbocycles. The van der Waals surface area contributed by atoms with Gasteiger partial charge in [0.05, 0.1) is 45.4 Å². The Morgan fingerprint density at radius 3 is 2.00 bits per heavy atom. The van der Waals surface area contributed by atoms with Crippen LogP contribution in [-0.2, 0) is 17.8 Å². The summed E-state index contributed by atoms with van der Waals surface area (Å²) in [5, 5.41) is 11.7. The first-order chi connectivity index (χ1) is 12.5. The molecular weight excluding hydrogens is 338 g/mol. The largest absolute Gasteiger partial charge is 0.496 e. The Morgan fingerprint density at radius 2 is 1.54 bits per heavy atom. The minimum Gasteiger partial charge on any atom is -0.496 e. The first-order valence-corrected chi connectivity index (χ1v) is 7.86. The van der Waals surface area contributed by atoms with E-state index in [1.807, 2.05) is 0 Å². The molecule has 0 saturated heterocycles. The van der Waals surface area contributed by atoms with Gasteiger partial charge >= 0.3 is 5.97 Å². The van der Waals surface area contributed by atoms with Crippen LogP contribution >= 0.6 is 0 Å². The predicted molar refractivity (Wildman–Crippen MR) is 95.1 cm³/mol. The second-order valence-electron chi connectivity index (χ2n) is 5.47. The van der Waals surface area contributed by atoms with E-state index in [9.17, 15) is 9.59 Å². The summed E-state index contributed by atoms with van der Waals surface area (Å²) in [5.74, 6) is 0.486. The fourth-order valence-electron chi connectivity index (χ4n) is 2.45. The number of rotatable bonds is 8. The van der Waals surface area contributed by atoms with Crippen LogP contribution in [0.2, 0.25) is 0 Å². The third-order valence-electron chi connectivity index (χ3n) is 3.84. The molecule has 2 aromatic carbocycles. The molecule has 2 N–H and O–H groups in total. The lowest BCUT2D eigenvalue weighted by atomic mass is 10.1. The molecule has 0 heterocycles. The van der Waals surface area contributed by atoms with E-state index in [0.717, 1.165) is 5.56 Å². The summed E-state index contributed by atoms with van der Waals surface area (Å²) in [6.45, 7) is 0.225. The third kappa shape index (κ3) is 4.66. The smallest absolute Gasteiger partial charge is 0.335 e. The van der Waals surface area contributed by atoms with Crippen molar-refractivity contribution in [3.63, 3.8) is 0 Å². The van der Waals surface area contributed by atoms with E-state index >= 15 is 0 Å². The van der Waals surface area contributed by atoms with Gasteiger partial charge in [-0.05, 0) is 17.7 Å². The highest BCUT2D eigenvalue weighted by Gasteiger charge is 2.14. The number of nitrogens with one attached hydrogen (secondary N) is 1. The molecule has 1 amide bonds. The van der Waals surface area contributed by atoms with Gasteiger partial charge in [0.25, 0.3) is 0 Å². The Balaban J connectivity index is 2.05. The molecule has 0 fully saturated rings. The number of hydrogen-bond donors (Lipinski definition) is 2. The molecule has 0 unspecified atom stereocenters. The van der Waals surface area contributed by atoms with E-state index in [1.54, 1.807) is 31.4 Å². The van der Waals surface area contributed by atoms with E-state index in [-0.39, 0.29) is 24.4 Å². The third-order valence-corrected chi connectivity index (χ3v) is 3.84. The standard InChI is InChI=1S/C19H21NO6/c1-24-14-9-16(25-2)15(17(10-14)26-3)11-20-18(21)8-12-4-6-13(7-5-12)19(22)23/h4-7,9-10H,8,11H2,1-3H3,(H,20,21)(H,22,23). The van der Waals surface area contributed by atoms with Crippen LogP contribution in [-0.4, -0.2) is 38.3 Å². The molecule has 0 aliphatic heterocycles. The quantitative estimate of drug-likeness (QED) is 0.751. The molecule has 26 heavy (non-hydrogen) atoms. The van der Waals surface area contributed by atoms with Crippen LogP contribution in [0.1, 0.15) is 21.5 Å². The predicted octanol–water partition coefficient (Wildman–Crippen LogP) is 2.27. The van der Waals surface area contributed by atoms with Crippen molar-refractivity contribution >= 4 is 11.9 Å². The monoisotopic (exact) mass is 359 g/mol. The molecule has 0 atom stereocenters. The van der Waals surface area contributed by atoms with E-state index in [0.29, 0.717) is 22.8 Å². The molecule has 7 heteroatoms. The fourth-order valence-corrected chi connectivity index (χ4v) is 2.45. The van der Waals surface area contributed by atoms with Crippen LogP contribution in [0.5, 0.6) is 17.2 Å². The van der Waals surface area contributed by atoms with Crippen LogP contribution < -0.4 is 19.5 Å². The summed E-state index contributed by atoms with van der Waals surface area (Å²) in [6, 6.07) is 9.62. The van der Waals surface area contributed by atoms with Crippen molar-refractivity contribution in [3.05, 3.63) is 53.1 Å². The molecule has 138 valence electrons. The normalized spacial score (nSPS) is 10.1. The molecule has 0 aliphatic rings. The SMILES string of the molecule is COc1cc(OC)c(CNC(=O)Cc2ccc(C(=O)O)cc2)c(OC)c1. The van der Waals surface area contributed by atoms with Gasteiger partial charge in [0.1, 0.15) is 17.2 Å². The number of amides is 1. The van der Waals surface area contributed by atoms with Crippen molar-refractivity contribution in [3.8, 4) is 17.2 Å².